The van der Waals surface area contributed by atoms with Crippen LogP contribution in [-0.4, -0.2) is 22.9 Å². The molecule has 0 fully saturated rings. The Morgan fingerprint density at radius 2 is 0.731 bits per heavy atom. The van der Waals surface area contributed by atoms with Crippen LogP contribution < -0.4 is 0 Å². The quantitative estimate of drug-likeness (QED) is 0.173. The first kappa shape index (κ1) is 40.8. The SMILES string of the molecule is c1ccc(-n2c3ccccc3c3cc(-c4cccc5c6cc7ccccc7c7c8c9c%10cc%11ccccc%11c%11c%12cccc(-c%13ccc%14c(c%13)c%13ccccc%13n%14-c%13ccccc%13)c%12n(c9ncc8n(c45)c67)c%10%11)ccc32)cc1. The van der Waals surface area contributed by atoms with Gasteiger partial charge in [0.25, 0.3) is 0 Å². The van der Waals surface area contributed by atoms with Gasteiger partial charge in [0.05, 0.1) is 55.8 Å². The van der Waals surface area contributed by atoms with E-state index in [-0.39, 0.29) is 0 Å². The van der Waals surface area contributed by atoms with E-state index >= 15 is 0 Å². The van der Waals surface area contributed by atoms with Crippen LogP contribution in [0.25, 0.3) is 175 Å². The van der Waals surface area contributed by atoms with Crippen molar-refractivity contribution in [2.45, 2.75) is 0 Å². The van der Waals surface area contributed by atoms with E-state index in [4.69, 9.17) is 4.98 Å². The van der Waals surface area contributed by atoms with Gasteiger partial charge in [0, 0.05) is 87.1 Å². The van der Waals surface area contributed by atoms with Gasteiger partial charge in [0.1, 0.15) is 5.65 Å². The van der Waals surface area contributed by atoms with Crippen molar-refractivity contribution in [1.82, 2.24) is 22.9 Å². The molecular formula is C73H41N5. The van der Waals surface area contributed by atoms with Crippen molar-refractivity contribution in [1.29, 1.82) is 0 Å². The van der Waals surface area contributed by atoms with Crippen molar-refractivity contribution < 1.29 is 0 Å². The lowest BCUT2D eigenvalue weighted by molar-refractivity contribution is 1.18. The van der Waals surface area contributed by atoms with E-state index < -0.39 is 0 Å². The maximum atomic E-state index is 5.73. The van der Waals surface area contributed by atoms with Crippen molar-refractivity contribution in [2.75, 3.05) is 0 Å². The van der Waals surface area contributed by atoms with Gasteiger partial charge in [-0.05, 0) is 105 Å². The second kappa shape index (κ2) is 14.7. The topological polar surface area (TPSA) is 31.6 Å². The zero-order chi connectivity index (χ0) is 50.5. The Hall–Kier alpha value is -10.5. The molecule has 5 nitrogen and oxygen atoms in total. The highest BCUT2D eigenvalue weighted by Gasteiger charge is 2.29. The molecule has 19 aromatic rings. The average molecular weight is 988 g/mol. The first-order chi connectivity index (χ1) is 38.7. The zero-order valence-electron chi connectivity index (χ0n) is 41.9. The van der Waals surface area contributed by atoms with Gasteiger partial charge in [-0.15, -0.1) is 0 Å². The van der Waals surface area contributed by atoms with Crippen LogP contribution >= 0.6 is 0 Å². The van der Waals surface area contributed by atoms with E-state index in [0.29, 0.717) is 0 Å². The number of rotatable bonds is 4. The molecule has 0 bridgehead atoms. The van der Waals surface area contributed by atoms with Gasteiger partial charge in [0.2, 0.25) is 0 Å². The Bertz CT molecular complexity index is 5790. The van der Waals surface area contributed by atoms with Gasteiger partial charge in [-0.2, -0.15) is 0 Å². The molecule has 19 rings (SSSR count). The largest absolute Gasteiger partial charge is 0.309 e. The molecular weight excluding hydrogens is 947 g/mol. The van der Waals surface area contributed by atoms with E-state index in [0.717, 1.165) is 22.5 Å². The number of benzene rings is 12. The van der Waals surface area contributed by atoms with Gasteiger partial charge >= 0.3 is 0 Å². The van der Waals surface area contributed by atoms with E-state index in [2.05, 4.69) is 267 Å². The number of aromatic nitrogens is 5. The summed E-state index contributed by atoms with van der Waals surface area (Å²) >= 11 is 0. The molecule has 0 saturated heterocycles. The first-order valence-corrected chi connectivity index (χ1v) is 27.0. The highest BCUT2D eigenvalue weighted by atomic mass is 15.0. The Morgan fingerprint density at radius 3 is 1.35 bits per heavy atom. The predicted octanol–water partition coefficient (Wildman–Crippen LogP) is 19.2. The minimum atomic E-state index is 0.977. The van der Waals surface area contributed by atoms with Gasteiger partial charge in [0.15, 0.2) is 0 Å². The molecule has 7 aromatic heterocycles. The van der Waals surface area contributed by atoms with E-state index in [1.165, 1.54) is 153 Å². The third-order valence-corrected chi connectivity index (χ3v) is 17.6. The monoisotopic (exact) mass is 987 g/mol. The van der Waals surface area contributed by atoms with Crippen LogP contribution in [0, 0.1) is 0 Å². The first-order valence-electron chi connectivity index (χ1n) is 27.0. The molecule has 12 aromatic carbocycles. The van der Waals surface area contributed by atoms with Crippen LogP contribution in [0.1, 0.15) is 0 Å². The van der Waals surface area contributed by atoms with Gasteiger partial charge < -0.3 is 13.5 Å². The summed E-state index contributed by atoms with van der Waals surface area (Å²) in [6.45, 7) is 0. The Morgan fingerprint density at radius 1 is 0.256 bits per heavy atom. The minimum Gasteiger partial charge on any atom is -0.309 e. The maximum Gasteiger partial charge on any atom is 0.146 e. The molecule has 0 saturated carbocycles. The van der Waals surface area contributed by atoms with Crippen molar-refractivity contribution in [3.05, 3.63) is 249 Å². The molecule has 78 heavy (non-hydrogen) atoms. The summed E-state index contributed by atoms with van der Waals surface area (Å²) < 4.78 is 9.89. The molecule has 0 aliphatic carbocycles. The standard InChI is InChI=1S/C73H41N5/c1-3-19-46(20-4-1)75-60-31-13-11-25-52(60)56-37-44(33-35-62(56)75)50-27-15-29-54-58-39-42-17-8-10-24-49(42)66-68-64(77(69(50)54)71(58)66)41-74-73-67(68)59-40-43-18-7-9-23-48(43)65-55-30-16-28-51(70(55)78(73)72(59)65)45-34-36-63-57(38-45)53-26-12-14-32-61(53)76(63)47-21-5-2-6-22-47/h1-41H. The summed E-state index contributed by atoms with van der Waals surface area (Å²) in [5.41, 5.74) is 18.8. The van der Waals surface area contributed by atoms with Crippen LogP contribution in [0.5, 0.6) is 0 Å². The highest BCUT2D eigenvalue weighted by molar-refractivity contribution is 6.41. The molecule has 0 aliphatic heterocycles. The summed E-state index contributed by atoms with van der Waals surface area (Å²) in [5.74, 6) is 0. The predicted molar refractivity (Wildman–Crippen MR) is 328 cm³/mol. The fourth-order valence-corrected chi connectivity index (χ4v) is 14.5. The minimum absolute atomic E-state index is 0.977. The van der Waals surface area contributed by atoms with Crippen molar-refractivity contribution in [2.24, 2.45) is 0 Å². The molecule has 0 amide bonds. The molecule has 7 heterocycles. The number of hydrogen-bond acceptors (Lipinski definition) is 1. The molecule has 0 N–H and O–H groups in total. The molecule has 0 spiro atoms. The summed E-state index contributed by atoms with van der Waals surface area (Å²) in [6.07, 6.45) is 2.19. The fraction of sp³-hybridized carbons (Fsp3) is 0. The smallest absolute Gasteiger partial charge is 0.146 e. The Labute approximate surface area is 444 Å². The molecule has 0 atom stereocenters. The number of pyridine rings is 1. The summed E-state index contributed by atoms with van der Waals surface area (Å²) in [7, 11) is 0. The van der Waals surface area contributed by atoms with Crippen molar-refractivity contribution in [3.8, 4) is 33.6 Å². The van der Waals surface area contributed by atoms with Crippen LogP contribution in [0.3, 0.4) is 0 Å². The van der Waals surface area contributed by atoms with Gasteiger partial charge in [-0.1, -0.05) is 170 Å². The average Bonchev–Trinajstić information content (AvgIpc) is 4.50. The summed E-state index contributed by atoms with van der Waals surface area (Å²) in [6, 6.07) is 89.9. The zero-order valence-corrected chi connectivity index (χ0v) is 41.9. The van der Waals surface area contributed by atoms with Crippen LogP contribution in [0.2, 0.25) is 0 Å². The number of para-hydroxylation sites is 6. The lowest BCUT2D eigenvalue weighted by atomic mass is 9.95. The Balaban J connectivity index is 0.938. The third-order valence-electron chi connectivity index (χ3n) is 17.6. The second-order valence-corrected chi connectivity index (χ2v) is 21.4. The van der Waals surface area contributed by atoms with E-state index in [9.17, 15) is 0 Å². The molecule has 358 valence electrons. The summed E-state index contributed by atoms with van der Waals surface area (Å²) in [4.78, 5) is 5.73. The summed E-state index contributed by atoms with van der Waals surface area (Å²) in [5, 5.41) is 19.8. The van der Waals surface area contributed by atoms with E-state index in [1.807, 2.05) is 0 Å². The fourth-order valence-electron chi connectivity index (χ4n) is 14.5. The van der Waals surface area contributed by atoms with Crippen LogP contribution in [0.15, 0.2) is 249 Å². The van der Waals surface area contributed by atoms with E-state index in [1.54, 1.807) is 0 Å². The lowest BCUT2D eigenvalue weighted by Gasteiger charge is -2.10. The lowest BCUT2D eigenvalue weighted by Crippen LogP contribution is -1.93. The van der Waals surface area contributed by atoms with Crippen LogP contribution in [-0.2, 0) is 0 Å². The third kappa shape index (κ3) is 5.04. The van der Waals surface area contributed by atoms with Crippen molar-refractivity contribution in [3.63, 3.8) is 0 Å². The molecule has 0 unspecified atom stereocenters. The number of nitrogens with zero attached hydrogens (tertiary/aromatic N) is 5. The van der Waals surface area contributed by atoms with Gasteiger partial charge in [-0.25, -0.2) is 4.98 Å². The van der Waals surface area contributed by atoms with Gasteiger partial charge in [-0.3, -0.25) is 4.40 Å². The van der Waals surface area contributed by atoms with Crippen molar-refractivity contribution >= 4 is 141 Å². The molecule has 0 radical (unpaired) electrons. The number of fused-ring (bicyclic) bond motifs is 23. The van der Waals surface area contributed by atoms with Crippen LogP contribution in [0.4, 0.5) is 0 Å². The molecule has 5 heteroatoms. The second-order valence-electron chi connectivity index (χ2n) is 21.4. The normalized spacial score (nSPS) is 12.6. The number of hydrogen-bond donors (Lipinski definition) is 0. The highest BCUT2D eigenvalue weighted by Crippen LogP contribution is 2.52. The Kier molecular flexibility index (Phi) is 7.68. The maximum absolute atomic E-state index is 5.73. The molecule has 0 aliphatic rings.